The summed E-state index contributed by atoms with van der Waals surface area (Å²) >= 11 is 2.04. The smallest absolute Gasteiger partial charge is 0.335 e. The van der Waals surface area contributed by atoms with E-state index >= 15 is 0 Å². The van der Waals surface area contributed by atoms with Crippen LogP contribution in [0.3, 0.4) is 0 Å². The molecule has 1 heterocycles. The van der Waals surface area contributed by atoms with Crippen molar-refractivity contribution in [2.24, 2.45) is 5.92 Å². The van der Waals surface area contributed by atoms with Crippen LogP contribution in [0.4, 0.5) is 0 Å². The minimum Gasteiger partial charge on any atom is -0.478 e. The van der Waals surface area contributed by atoms with E-state index in [1.807, 2.05) is 23.9 Å². The monoisotopic (exact) mass is 265 g/mol. The van der Waals surface area contributed by atoms with E-state index in [1.54, 1.807) is 12.1 Å². The average Bonchev–Trinajstić information content (AvgIpc) is 2.82. The normalized spacial score (nSPS) is 19.3. The minimum atomic E-state index is -0.863. The van der Waals surface area contributed by atoms with E-state index in [4.69, 9.17) is 5.11 Å². The average molecular weight is 265 g/mol. The van der Waals surface area contributed by atoms with Gasteiger partial charge in [-0.1, -0.05) is 12.1 Å². The van der Waals surface area contributed by atoms with Gasteiger partial charge in [0.1, 0.15) is 0 Å². The Morgan fingerprint density at radius 2 is 2.17 bits per heavy atom. The molecule has 1 aromatic rings. The summed E-state index contributed by atoms with van der Waals surface area (Å²) in [5, 5.41) is 8.83. The summed E-state index contributed by atoms with van der Waals surface area (Å²) in [5.41, 5.74) is 1.53. The first kappa shape index (κ1) is 13.4. The molecule has 0 aliphatic carbocycles. The fraction of sp³-hybridized carbons (Fsp3) is 0.500. The van der Waals surface area contributed by atoms with Crippen LogP contribution in [0.25, 0.3) is 0 Å². The van der Waals surface area contributed by atoms with Crippen molar-refractivity contribution in [3.63, 3.8) is 0 Å². The lowest BCUT2D eigenvalue weighted by Crippen LogP contribution is -2.25. The summed E-state index contributed by atoms with van der Waals surface area (Å²) in [6.07, 6.45) is 1.33. The fourth-order valence-corrected chi connectivity index (χ4v) is 3.57. The van der Waals surface area contributed by atoms with E-state index in [2.05, 4.69) is 11.9 Å². The van der Waals surface area contributed by atoms with Crippen LogP contribution >= 0.6 is 11.8 Å². The Kier molecular flexibility index (Phi) is 4.66. The molecule has 1 unspecified atom stereocenters. The van der Waals surface area contributed by atoms with E-state index in [9.17, 15) is 4.79 Å². The van der Waals surface area contributed by atoms with Gasteiger partial charge in [-0.3, -0.25) is 0 Å². The molecular formula is C14H19NO2S. The second kappa shape index (κ2) is 6.25. The quantitative estimate of drug-likeness (QED) is 0.888. The number of aromatic carboxylic acids is 1. The molecule has 1 aliphatic heterocycles. The van der Waals surface area contributed by atoms with E-state index in [0.717, 1.165) is 19.0 Å². The lowest BCUT2D eigenvalue weighted by Gasteiger charge is -2.20. The van der Waals surface area contributed by atoms with Gasteiger partial charge in [-0.05, 0) is 48.6 Å². The van der Waals surface area contributed by atoms with E-state index in [0.29, 0.717) is 5.56 Å². The van der Waals surface area contributed by atoms with Crippen molar-refractivity contribution in [3.05, 3.63) is 35.4 Å². The first-order chi connectivity index (χ1) is 8.65. The number of benzene rings is 1. The summed E-state index contributed by atoms with van der Waals surface area (Å²) in [5.74, 6) is 2.53. The maximum absolute atomic E-state index is 10.8. The number of carboxylic acid groups (broad SMARTS) is 1. The largest absolute Gasteiger partial charge is 0.478 e. The van der Waals surface area contributed by atoms with Crippen molar-refractivity contribution in [2.75, 3.05) is 25.1 Å². The van der Waals surface area contributed by atoms with Gasteiger partial charge in [0.15, 0.2) is 0 Å². The maximum atomic E-state index is 10.8. The summed E-state index contributed by atoms with van der Waals surface area (Å²) in [4.78, 5) is 13.1. The zero-order valence-electron chi connectivity index (χ0n) is 10.6. The highest BCUT2D eigenvalue weighted by molar-refractivity contribution is 7.99. The molecule has 1 N–H and O–H groups in total. The van der Waals surface area contributed by atoms with Crippen LogP contribution in [0.1, 0.15) is 22.3 Å². The summed E-state index contributed by atoms with van der Waals surface area (Å²) in [6, 6.07) is 7.17. The first-order valence-corrected chi connectivity index (χ1v) is 7.39. The molecule has 0 bridgehead atoms. The standard InChI is InChI=1S/C14H19NO2S/c1-15(9-12-6-7-18-10-12)8-11-2-4-13(5-3-11)14(16)17/h2-5,12H,6-10H2,1H3,(H,16,17). The zero-order chi connectivity index (χ0) is 13.0. The second-order valence-corrected chi connectivity index (χ2v) is 6.08. The highest BCUT2D eigenvalue weighted by Crippen LogP contribution is 2.24. The Labute approximate surface area is 112 Å². The molecule has 1 saturated heterocycles. The van der Waals surface area contributed by atoms with Crippen LogP contribution in [-0.2, 0) is 6.54 Å². The topological polar surface area (TPSA) is 40.5 Å². The summed E-state index contributed by atoms with van der Waals surface area (Å²) in [7, 11) is 2.13. The number of hydrogen-bond acceptors (Lipinski definition) is 3. The SMILES string of the molecule is CN(Cc1ccc(C(=O)O)cc1)CC1CCSC1. The summed E-state index contributed by atoms with van der Waals surface area (Å²) in [6.45, 7) is 2.02. The third kappa shape index (κ3) is 3.75. The number of carbonyl (C=O) groups is 1. The molecule has 3 nitrogen and oxygen atoms in total. The van der Waals surface area contributed by atoms with Crippen molar-refractivity contribution in [1.29, 1.82) is 0 Å². The third-order valence-electron chi connectivity index (χ3n) is 3.25. The van der Waals surface area contributed by atoms with Crippen LogP contribution in [0.15, 0.2) is 24.3 Å². The van der Waals surface area contributed by atoms with Crippen LogP contribution in [0.5, 0.6) is 0 Å². The lowest BCUT2D eigenvalue weighted by atomic mass is 10.1. The van der Waals surface area contributed by atoms with Gasteiger partial charge < -0.3 is 10.0 Å². The van der Waals surface area contributed by atoms with Crippen molar-refractivity contribution < 1.29 is 9.90 Å². The highest BCUT2D eigenvalue weighted by Gasteiger charge is 2.17. The molecule has 0 aromatic heterocycles. The molecule has 0 spiro atoms. The number of hydrogen-bond donors (Lipinski definition) is 1. The molecule has 0 amide bonds. The fourth-order valence-electron chi connectivity index (χ4n) is 2.30. The van der Waals surface area contributed by atoms with Crippen LogP contribution in [-0.4, -0.2) is 41.1 Å². The highest BCUT2D eigenvalue weighted by atomic mass is 32.2. The predicted molar refractivity (Wildman–Crippen MR) is 75.2 cm³/mol. The molecule has 0 radical (unpaired) electrons. The lowest BCUT2D eigenvalue weighted by molar-refractivity contribution is 0.0697. The van der Waals surface area contributed by atoms with Gasteiger partial charge in [-0.25, -0.2) is 4.79 Å². The van der Waals surface area contributed by atoms with E-state index in [1.165, 1.54) is 23.5 Å². The van der Waals surface area contributed by atoms with E-state index < -0.39 is 5.97 Å². The van der Waals surface area contributed by atoms with Gasteiger partial charge >= 0.3 is 5.97 Å². The molecule has 1 atom stereocenters. The Balaban J connectivity index is 1.86. The van der Waals surface area contributed by atoms with Crippen LogP contribution in [0.2, 0.25) is 0 Å². The number of thioether (sulfide) groups is 1. The molecule has 1 fully saturated rings. The first-order valence-electron chi connectivity index (χ1n) is 6.23. The zero-order valence-corrected chi connectivity index (χ0v) is 11.4. The van der Waals surface area contributed by atoms with Gasteiger partial charge in [0.2, 0.25) is 0 Å². The third-order valence-corrected chi connectivity index (χ3v) is 4.48. The molecule has 1 aromatic carbocycles. The Morgan fingerprint density at radius 3 is 2.72 bits per heavy atom. The van der Waals surface area contributed by atoms with Crippen LogP contribution in [0, 0.1) is 5.92 Å². The van der Waals surface area contributed by atoms with Crippen LogP contribution < -0.4 is 0 Å². The maximum Gasteiger partial charge on any atom is 0.335 e. The molecule has 18 heavy (non-hydrogen) atoms. The molecular weight excluding hydrogens is 246 g/mol. The van der Waals surface area contributed by atoms with Crippen molar-refractivity contribution in [3.8, 4) is 0 Å². The molecule has 2 rings (SSSR count). The Hall–Kier alpha value is -1.00. The minimum absolute atomic E-state index is 0.355. The van der Waals surface area contributed by atoms with Crippen molar-refractivity contribution >= 4 is 17.7 Å². The molecule has 1 aliphatic rings. The molecule has 4 heteroatoms. The number of rotatable bonds is 5. The Morgan fingerprint density at radius 1 is 1.44 bits per heavy atom. The van der Waals surface area contributed by atoms with Gasteiger partial charge in [-0.15, -0.1) is 0 Å². The van der Waals surface area contributed by atoms with Crippen molar-refractivity contribution in [1.82, 2.24) is 4.90 Å². The van der Waals surface area contributed by atoms with Gasteiger partial charge in [-0.2, -0.15) is 11.8 Å². The second-order valence-electron chi connectivity index (χ2n) is 4.93. The predicted octanol–water partition coefficient (Wildman–Crippen LogP) is 2.57. The van der Waals surface area contributed by atoms with Crippen molar-refractivity contribution in [2.45, 2.75) is 13.0 Å². The van der Waals surface area contributed by atoms with E-state index in [-0.39, 0.29) is 0 Å². The summed E-state index contributed by atoms with van der Waals surface area (Å²) < 4.78 is 0. The number of carboxylic acids is 1. The van der Waals surface area contributed by atoms with Gasteiger partial charge in [0, 0.05) is 13.1 Å². The van der Waals surface area contributed by atoms with Gasteiger partial charge in [0.05, 0.1) is 5.56 Å². The molecule has 98 valence electrons. The number of nitrogens with zero attached hydrogens (tertiary/aromatic N) is 1. The molecule has 0 saturated carbocycles. The van der Waals surface area contributed by atoms with Gasteiger partial charge in [0.25, 0.3) is 0 Å². The Bertz CT molecular complexity index is 399.